The third-order valence-electron chi connectivity index (χ3n) is 3.56. The van der Waals surface area contributed by atoms with E-state index < -0.39 is 0 Å². The summed E-state index contributed by atoms with van der Waals surface area (Å²) in [6.07, 6.45) is 0. The second kappa shape index (κ2) is 6.19. The molecule has 0 bridgehead atoms. The Bertz CT molecular complexity index is 533. The highest BCUT2D eigenvalue weighted by molar-refractivity contribution is 7.80. The van der Waals surface area contributed by atoms with Crippen molar-refractivity contribution in [3.05, 3.63) is 29.3 Å². The number of nitrogens with two attached hydrogens (primary N) is 1. The number of nitrogens with zero attached hydrogens (tertiary/aromatic N) is 1. The summed E-state index contributed by atoms with van der Waals surface area (Å²) in [5, 5.41) is 2.85. The molecule has 1 saturated heterocycles. The molecule has 0 spiro atoms. The molecule has 1 atom stereocenters. The lowest BCUT2D eigenvalue weighted by Crippen LogP contribution is -2.53. The van der Waals surface area contributed by atoms with Crippen LogP contribution in [0.1, 0.15) is 18.1 Å². The minimum absolute atomic E-state index is 0.0562. The Morgan fingerprint density at radius 1 is 1.60 bits per heavy atom. The summed E-state index contributed by atoms with van der Waals surface area (Å²) in [5.74, 6) is 0.837. The number of carbonyl (C=O) groups excluding carboxylic acids is 1. The van der Waals surface area contributed by atoms with Crippen molar-refractivity contribution in [3.63, 3.8) is 0 Å². The van der Waals surface area contributed by atoms with Crippen LogP contribution in [0.2, 0.25) is 0 Å². The number of ether oxygens (including phenoxy) is 1. The predicted octanol–water partition coefficient (Wildman–Crippen LogP) is 0.650. The van der Waals surface area contributed by atoms with Crippen molar-refractivity contribution in [2.45, 2.75) is 19.5 Å². The van der Waals surface area contributed by atoms with Gasteiger partial charge in [-0.2, -0.15) is 0 Å². The van der Waals surface area contributed by atoms with Crippen molar-refractivity contribution in [2.24, 2.45) is 5.73 Å². The van der Waals surface area contributed by atoms with Crippen molar-refractivity contribution in [1.82, 2.24) is 10.2 Å². The van der Waals surface area contributed by atoms with E-state index in [1.165, 1.54) is 0 Å². The molecule has 1 heterocycles. The van der Waals surface area contributed by atoms with E-state index in [0.29, 0.717) is 18.1 Å². The Balaban J connectivity index is 2.24. The number of piperazine rings is 1. The number of benzene rings is 1. The first kappa shape index (κ1) is 14.7. The van der Waals surface area contributed by atoms with E-state index in [4.69, 9.17) is 22.7 Å². The molecule has 20 heavy (non-hydrogen) atoms. The first-order chi connectivity index (χ1) is 9.52. The van der Waals surface area contributed by atoms with Gasteiger partial charge in [0.25, 0.3) is 0 Å². The molecule has 0 saturated carbocycles. The van der Waals surface area contributed by atoms with Gasteiger partial charge in [0.1, 0.15) is 10.7 Å². The molecule has 1 aromatic rings. The van der Waals surface area contributed by atoms with Gasteiger partial charge in [-0.3, -0.25) is 9.69 Å². The van der Waals surface area contributed by atoms with Crippen LogP contribution in [0.3, 0.4) is 0 Å². The molecular weight excluding hydrogens is 274 g/mol. The number of carbonyl (C=O) groups is 1. The van der Waals surface area contributed by atoms with Gasteiger partial charge in [-0.1, -0.05) is 12.2 Å². The number of hydrogen-bond donors (Lipinski definition) is 2. The number of amides is 1. The maximum atomic E-state index is 11.7. The third kappa shape index (κ3) is 3.08. The average molecular weight is 293 g/mol. The molecule has 1 unspecified atom stereocenters. The second-order valence-corrected chi connectivity index (χ2v) is 5.27. The van der Waals surface area contributed by atoms with Gasteiger partial charge in [0.15, 0.2) is 0 Å². The fraction of sp³-hybridized carbons (Fsp3) is 0.429. The monoisotopic (exact) mass is 293 g/mol. The zero-order valence-electron chi connectivity index (χ0n) is 11.7. The van der Waals surface area contributed by atoms with Crippen LogP contribution in [0, 0.1) is 0 Å². The maximum absolute atomic E-state index is 11.7. The van der Waals surface area contributed by atoms with E-state index in [0.717, 1.165) is 23.4 Å². The SMILES string of the molecule is COc1ccc(C(N)=S)cc1CN1CCNC(=O)C1C. The van der Waals surface area contributed by atoms with Gasteiger partial charge in [0, 0.05) is 30.8 Å². The lowest BCUT2D eigenvalue weighted by Gasteiger charge is -2.33. The van der Waals surface area contributed by atoms with Crippen LogP contribution in [0.25, 0.3) is 0 Å². The molecule has 0 aliphatic carbocycles. The predicted molar refractivity (Wildman–Crippen MR) is 81.8 cm³/mol. The lowest BCUT2D eigenvalue weighted by atomic mass is 10.1. The Hall–Kier alpha value is -1.66. The smallest absolute Gasteiger partial charge is 0.237 e. The van der Waals surface area contributed by atoms with Crippen molar-refractivity contribution in [1.29, 1.82) is 0 Å². The van der Waals surface area contributed by atoms with Crippen molar-refractivity contribution >= 4 is 23.1 Å². The quantitative estimate of drug-likeness (QED) is 0.798. The van der Waals surface area contributed by atoms with E-state index in [9.17, 15) is 4.79 Å². The summed E-state index contributed by atoms with van der Waals surface area (Å²) in [6.45, 7) is 4.01. The summed E-state index contributed by atoms with van der Waals surface area (Å²) in [5.41, 5.74) is 7.47. The topological polar surface area (TPSA) is 67.6 Å². The molecule has 108 valence electrons. The van der Waals surface area contributed by atoms with Gasteiger partial charge in [-0.05, 0) is 25.1 Å². The molecule has 0 radical (unpaired) electrons. The summed E-state index contributed by atoms with van der Waals surface area (Å²) in [7, 11) is 1.63. The maximum Gasteiger partial charge on any atom is 0.237 e. The minimum Gasteiger partial charge on any atom is -0.496 e. The van der Waals surface area contributed by atoms with Crippen LogP contribution in [0.4, 0.5) is 0 Å². The molecule has 1 aliphatic heterocycles. The Kier molecular flexibility index (Phi) is 4.57. The van der Waals surface area contributed by atoms with Crippen molar-refractivity contribution in [3.8, 4) is 5.75 Å². The number of thiocarbonyl (C=S) groups is 1. The average Bonchev–Trinajstić information content (AvgIpc) is 2.43. The van der Waals surface area contributed by atoms with Gasteiger partial charge < -0.3 is 15.8 Å². The second-order valence-electron chi connectivity index (χ2n) is 4.83. The highest BCUT2D eigenvalue weighted by atomic mass is 32.1. The first-order valence-electron chi connectivity index (χ1n) is 6.51. The molecule has 6 heteroatoms. The van der Waals surface area contributed by atoms with Gasteiger partial charge in [0.2, 0.25) is 5.91 Å². The zero-order chi connectivity index (χ0) is 14.7. The fourth-order valence-electron chi connectivity index (χ4n) is 2.32. The van der Waals surface area contributed by atoms with Crippen LogP contribution in [-0.2, 0) is 11.3 Å². The van der Waals surface area contributed by atoms with E-state index in [2.05, 4.69) is 10.2 Å². The number of hydrogen-bond acceptors (Lipinski definition) is 4. The highest BCUT2D eigenvalue weighted by Crippen LogP contribution is 2.23. The number of nitrogens with one attached hydrogen (secondary N) is 1. The molecule has 1 fully saturated rings. The highest BCUT2D eigenvalue weighted by Gasteiger charge is 2.26. The molecule has 3 N–H and O–H groups in total. The van der Waals surface area contributed by atoms with Crippen LogP contribution in [-0.4, -0.2) is 42.0 Å². The molecule has 5 nitrogen and oxygen atoms in total. The Labute approximate surface area is 124 Å². The Morgan fingerprint density at radius 2 is 2.35 bits per heavy atom. The molecule has 1 amide bonds. The van der Waals surface area contributed by atoms with E-state index in [-0.39, 0.29) is 11.9 Å². The minimum atomic E-state index is -0.151. The lowest BCUT2D eigenvalue weighted by molar-refractivity contribution is -0.128. The normalized spacial score (nSPS) is 19.5. The van der Waals surface area contributed by atoms with Crippen LogP contribution >= 0.6 is 12.2 Å². The van der Waals surface area contributed by atoms with Gasteiger partial charge in [-0.25, -0.2) is 0 Å². The van der Waals surface area contributed by atoms with Crippen molar-refractivity contribution < 1.29 is 9.53 Å². The van der Waals surface area contributed by atoms with Gasteiger partial charge >= 0.3 is 0 Å². The third-order valence-corrected chi connectivity index (χ3v) is 3.80. The molecule has 2 rings (SSSR count). The van der Waals surface area contributed by atoms with Gasteiger partial charge in [0.05, 0.1) is 13.2 Å². The Morgan fingerprint density at radius 3 is 3.00 bits per heavy atom. The summed E-state index contributed by atoms with van der Waals surface area (Å²) in [4.78, 5) is 14.2. The van der Waals surface area contributed by atoms with Crippen molar-refractivity contribution in [2.75, 3.05) is 20.2 Å². The molecular formula is C14H19N3O2S. The van der Waals surface area contributed by atoms with Crippen LogP contribution in [0.15, 0.2) is 18.2 Å². The van der Waals surface area contributed by atoms with E-state index >= 15 is 0 Å². The van der Waals surface area contributed by atoms with E-state index in [1.54, 1.807) is 7.11 Å². The molecule has 1 aromatic carbocycles. The zero-order valence-corrected chi connectivity index (χ0v) is 12.5. The van der Waals surface area contributed by atoms with Crippen LogP contribution in [0.5, 0.6) is 5.75 Å². The summed E-state index contributed by atoms with van der Waals surface area (Å²) >= 11 is 5.01. The standard InChI is InChI=1S/C14H19N3O2S/c1-9-14(18)16-5-6-17(9)8-11-7-10(13(15)20)3-4-12(11)19-2/h3-4,7,9H,5-6,8H2,1-2H3,(H2,15,20)(H,16,18). The molecule has 0 aromatic heterocycles. The number of rotatable bonds is 4. The first-order valence-corrected chi connectivity index (χ1v) is 6.92. The van der Waals surface area contributed by atoms with Crippen LogP contribution < -0.4 is 15.8 Å². The summed E-state index contributed by atoms with van der Waals surface area (Å²) in [6, 6.07) is 5.48. The fourth-order valence-corrected chi connectivity index (χ4v) is 2.45. The molecule has 1 aliphatic rings. The van der Waals surface area contributed by atoms with Gasteiger partial charge in [-0.15, -0.1) is 0 Å². The van der Waals surface area contributed by atoms with E-state index in [1.807, 2.05) is 25.1 Å². The largest absolute Gasteiger partial charge is 0.496 e. The summed E-state index contributed by atoms with van der Waals surface area (Å²) < 4.78 is 5.37. The number of methoxy groups -OCH3 is 1.